The van der Waals surface area contributed by atoms with Gasteiger partial charge in [-0.15, -0.1) is 11.8 Å². The minimum Gasteiger partial charge on any atom is -0.356 e. The molecule has 28 heavy (non-hydrogen) atoms. The van der Waals surface area contributed by atoms with E-state index in [1.54, 1.807) is 0 Å². The van der Waals surface area contributed by atoms with Crippen LogP contribution >= 0.6 is 11.8 Å². The summed E-state index contributed by atoms with van der Waals surface area (Å²) in [6.45, 7) is 5.45. The number of hydrogen-bond acceptors (Lipinski definition) is 3. The number of nitrogens with zero attached hydrogens (tertiary/aromatic N) is 2. The summed E-state index contributed by atoms with van der Waals surface area (Å²) in [4.78, 5) is 8.26. The predicted octanol–water partition coefficient (Wildman–Crippen LogP) is 3.51. The van der Waals surface area contributed by atoms with Crippen LogP contribution in [0.15, 0.2) is 70.6 Å². The van der Waals surface area contributed by atoms with Crippen molar-refractivity contribution in [2.75, 3.05) is 45.5 Å². The van der Waals surface area contributed by atoms with Crippen LogP contribution in [0, 0.1) is 5.92 Å². The molecule has 2 N–H and O–H groups in total. The van der Waals surface area contributed by atoms with Gasteiger partial charge in [-0.25, -0.2) is 0 Å². The molecule has 0 amide bonds. The highest BCUT2D eigenvalue weighted by Gasteiger charge is 2.22. The highest BCUT2D eigenvalue weighted by molar-refractivity contribution is 7.99. The minimum atomic E-state index is 0.702. The van der Waals surface area contributed by atoms with E-state index in [-0.39, 0.29) is 0 Å². The zero-order valence-corrected chi connectivity index (χ0v) is 17.6. The maximum absolute atomic E-state index is 4.36. The van der Waals surface area contributed by atoms with E-state index in [2.05, 4.69) is 81.2 Å². The molecule has 1 aliphatic heterocycles. The smallest absolute Gasteiger partial charge is 0.191 e. The Balaban J connectivity index is 1.28. The van der Waals surface area contributed by atoms with Gasteiger partial charge in [-0.2, -0.15) is 0 Å². The van der Waals surface area contributed by atoms with Crippen LogP contribution in [0.2, 0.25) is 0 Å². The maximum atomic E-state index is 4.36. The molecule has 0 radical (unpaired) electrons. The lowest BCUT2D eigenvalue weighted by Gasteiger charge is -2.17. The molecule has 1 atom stereocenters. The highest BCUT2D eigenvalue weighted by atomic mass is 32.2. The number of nitrogens with one attached hydrogen (secondary N) is 2. The summed E-state index contributed by atoms with van der Waals surface area (Å²) in [6, 6.07) is 21.3. The standard InChI is InChI=1S/C23H32N4S/c1-24-23(25-14-17-28-22-10-6-3-7-11-22)26-18-21-13-16-27(19-21)15-12-20-8-4-2-5-9-20/h2-11,21H,12-19H2,1H3,(H2,24,25,26). The Bertz CT molecular complexity index is 705. The Morgan fingerprint density at radius 3 is 2.57 bits per heavy atom. The van der Waals surface area contributed by atoms with E-state index in [4.69, 9.17) is 0 Å². The first-order chi connectivity index (χ1) is 13.8. The average molecular weight is 397 g/mol. The Morgan fingerprint density at radius 2 is 1.82 bits per heavy atom. The molecule has 1 aliphatic rings. The van der Waals surface area contributed by atoms with Crippen LogP contribution in [0.4, 0.5) is 0 Å². The average Bonchev–Trinajstić information content (AvgIpc) is 3.21. The fourth-order valence-electron chi connectivity index (χ4n) is 3.53. The number of thioether (sulfide) groups is 1. The van der Waals surface area contributed by atoms with Crippen molar-refractivity contribution in [3.05, 3.63) is 66.2 Å². The zero-order valence-electron chi connectivity index (χ0n) is 16.8. The third kappa shape index (κ3) is 7.21. The van der Waals surface area contributed by atoms with E-state index in [1.807, 2.05) is 18.8 Å². The van der Waals surface area contributed by atoms with Crippen LogP contribution in [-0.2, 0) is 6.42 Å². The van der Waals surface area contributed by atoms with Gasteiger partial charge in [-0.1, -0.05) is 48.5 Å². The van der Waals surface area contributed by atoms with E-state index < -0.39 is 0 Å². The molecule has 0 aromatic heterocycles. The van der Waals surface area contributed by atoms with E-state index in [0.717, 1.165) is 37.8 Å². The van der Waals surface area contributed by atoms with Crippen molar-refractivity contribution >= 4 is 17.7 Å². The highest BCUT2D eigenvalue weighted by Crippen LogP contribution is 2.17. The SMILES string of the molecule is CN=C(NCCSc1ccccc1)NCC1CCN(CCc2ccccc2)C1. The second kappa shape index (κ2) is 11.8. The number of rotatable bonds is 9. The molecule has 1 unspecified atom stereocenters. The van der Waals surface area contributed by atoms with Crippen molar-refractivity contribution in [1.29, 1.82) is 0 Å². The summed E-state index contributed by atoms with van der Waals surface area (Å²) in [5.41, 5.74) is 1.43. The fraction of sp³-hybridized carbons (Fsp3) is 0.435. The van der Waals surface area contributed by atoms with Crippen LogP contribution in [0.25, 0.3) is 0 Å². The van der Waals surface area contributed by atoms with Gasteiger partial charge in [0.1, 0.15) is 0 Å². The molecule has 4 nitrogen and oxygen atoms in total. The maximum Gasteiger partial charge on any atom is 0.191 e. The second-order valence-corrected chi connectivity index (χ2v) is 8.40. The van der Waals surface area contributed by atoms with Gasteiger partial charge in [0.25, 0.3) is 0 Å². The zero-order chi connectivity index (χ0) is 19.4. The number of hydrogen-bond donors (Lipinski definition) is 2. The summed E-state index contributed by atoms with van der Waals surface area (Å²) in [6.07, 6.45) is 2.41. The topological polar surface area (TPSA) is 39.7 Å². The van der Waals surface area contributed by atoms with Crippen LogP contribution < -0.4 is 10.6 Å². The van der Waals surface area contributed by atoms with Gasteiger partial charge in [0.05, 0.1) is 0 Å². The first kappa shape index (κ1) is 20.7. The number of aliphatic imine (C=N–C) groups is 1. The largest absolute Gasteiger partial charge is 0.356 e. The summed E-state index contributed by atoms with van der Waals surface area (Å²) in [5, 5.41) is 6.93. The lowest BCUT2D eigenvalue weighted by atomic mass is 10.1. The van der Waals surface area contributed by atoms with E-state index in [1.165, 1.54) is 30.0 Å². The molecule has 150 valence electrons. The summed E-state index contributed by atoms with van der Waals surface area (Å²) >= 11 is 1.87. The first-order valence-electron chi connectivity index (χ1n) is 10.2. The van der Waals surface area contributed by atoms with Crippen LogP contribution in [0.3, 0.4) is 0 Å². The van der Waals surface area contributed by atoms with Gasteiger partial charge in [0.2, 0.25) is 0 Å². The van der Waals surface area contributed by atoms with Crippen LogP contribution in [-0.4, -0.2) is 56.4 Å². The van der Waals surface area contributed by atoms with Crippen molar-refractivity contribution in [2.24, 2.45) is 10.9 Å². The predicted molar refractivity (Wildman–Crippen MR) is 121 cm³/mol. The Morgan fingerprint density at radius 1 is 1.07 bits per heavy atom. The third-order valence-electron chi connectivity index (χ3n) is 5.12. The summed E-state index contributed by atoms with van der Waals surface area (Å²) < 4.78 is 0. The van der Waals surface area contributed by atoms with Gasteiger partial charge >= 0.3 is 0 Å². The van der Waals surface area contributed by atoms with Crippen LogP contribution in [0.5, 0.6) is 0 Å². The molecule has 0 spiro atoms. The first-order valence-corrected chi connectivity index (χ1v) is 11.2. The number of likely N-dealkylation sites (tertiary alicyclic amines) is 1. The monoisotopic (exact) mass is 396 g/mol. The molecular formula is C23H32N4S. The van der Waals surface area contributed by atoms with E-state index in [9.17, 15) is 0 Å². The van der Waals surface area contributed by atoms with Crippen molar-refractivity contribution < 1.29 is 0 Å². The Kier molecular flexibility index (Phi) is 8.72. The van der Waals surface area contributed by atoms with Gasteiger partial charge in [-0.3, -0.25) is 4.99 Å². The molecule has 0 aliphatic carbocycles. The third-order valence-corrected chi connectivity index (χ3v) is 6.13. The van der Waals surface area contributed by atoms with Crippen molar-refractivity contribution in [3.63, 3.8) is 0 Å². The van der Waals surface area contributed by atoms with Gasteiger partial charge in [-0.05, 0) is 43.0 Å². The summed E-state index contributed by atoms with van der Waals surface area (Å²) in [7, 11) is 1.85. The van der Waals surface area contributed by atoms with E-state index >= 15 is 0 Å². The fourth-order valence-corrected chi connectivity index (χ4v) is 4.32. The quantitative estimate of drug-likeness (QED) is 0.295. The Hall–Kier alpha value is -1.98. The molecule has 0 saturated carbocycles. The second-order valence-electron chi connectivity index (χ2n) is 7.23. The molecule has 5 heteroatoms. The van der Waals surface area contributed by atoms with Gasteiger partial charge in [0.15, 0.2) is 5.96 Å². The molecule has 1 saturated heterocycles. The lowest BCUT2D eigenvalue weighted by Crippen LogP contribution is -2.41. The van der Waals surface area contributed by atoms with Crippen LogP contribution in [0.1, 0.15) is 12.0 Å². The lowest BCUT2D eigenvalue weighted by molar-refractivity contribution is 0.328. The molecule has 2 aromatic rings. The molecule has 1 fully saturated rings. The molecule has 1 heterocycles. The minimum absolute atomic E-state index is 0.702. The van der Waals surface area contributed by atoms with Crippen molar-refractivity contribution in [3.8, 4) is 0 Å². The van der Waals surface area contributed by atoms with Gasteiger partial charge < -0.3 is 15.5 Å². The Labute approximate surface area is 173 Å². The molecule has 2 aromatic carbocycles. The molecule has 0 bridgehead atoms. The summed E-state index contributed by atoms with van der Waals surface area (Å²) in [5.74, 6) is 2.64. The van der Waals surface area contributed by atoms with Gasteiger partial charge in [0, 0.05) is 43.9 Å². The molecular weight excluding hydrogens is 364 g/mol. The molecule has 3 rings (SSSR count). The van der Waals surface area contributed by atoms with Crippen molar-refractivity contribution in [1.82, 2.24) is 15.5 Å². The van der Waals surface area contributed by atoms with Crippen molar-refractivity contribution in [2.45, 2.75) is 17.7 Å². The number of guanidine groups is 1. The number of benzene rings is 2. The van der Waals surface area contributed by atoms with E-state index in [0.29, 0.717) is 5.92 Å². The normalized spacial score (nSPS) is 17.6.